The lowest BCUT2D eigenvalue weighted by Crippen LogP contribution is -1.96. The van der Waals surface area contributed by atoms with Gasteiger partial charge in [-0.15, -0.1) is 0 Å². The van der Waals surface area contributed by atoms with Gasteiger partial charge in [-0.05, 0) is 18.2 Å². The maximum absolute atomic E-state index is 9.80. The maximum atomic E-state index is 9.80. The van der Waals surface area contributed by atoms with Crippen molar-refractivity contribution in [2.75, 3.05) is 12.8 Å². The number of nitrogens with two attached hydrogens (primary N) is 1. The van der Waals surface area contributed by atoms with E-state index in [1.807, 2.05) is 0 Å². The van der Waals surface area contributed by atoms with Gasteiger partial charge in [-0.1, -0.05) is 0 Å². The summed E-state index contributed by atoms with van der Waals surface area (Å²) in [5, 5.41) is 13.9. The van der Waals surface area contributed by atoms with E-state index in [1.165, 1.54) is 0 Å². The van der Waals surface area contributed by atoms with E-state index in [1.54, 1.807) is 43.2 Å². The standard InChI is InChI=1S/C11H13N3O2/c1-14-11(10(16-2)6-13-14)8-5-7(12)3-4-9(8)15/h3-6,15H,12H2,1-2H3. The summed E-state index contributed by atoms with van der Waals surface area (Å²) < 4.78 is 6.81. The fourth-order valence-electron chi connectivity index (χ4n) is 1.62. The predicted octanol–water partition coefficient (Wildman–Crippen LogP) is 1.38. The van der Waals surface area contributed by atoms with Crippen molar-refractivity contribution in [1.29, 1.82) is 0 Å². The molecule has 16 heavy (non-hydrogen) atoms. The molecule has 0 saturated heterocycles. The molecule has 3 N–H and O–H groups in total. The molecule has 0 amide bonds. The summed E-state index contributed by atoms with van der Waals surface area (Å²) in [5.74, 6) is 0.750. The highest BCUT2D eigenvalue weighted by Crippen LogP contribution is 2.36. The van der Waals surface area contributed by atoms with Gasteiger partial charge in [-0.3, -0.25) is 4.68 Å². The molecule has 0 bridgehead atoms. The zero-order chi connectivity index (χ0) is 11.7. The number of ether oxygens (including phenoxy) is 1. The van der Waals surface area contributed by atoms with E-state index in [0.717, 1.165) is 0 Å². The monoisotopic (exact) mass is 219 g/mol. The Kier molecular flexibility index (Phi) is 2.44. The van der Waals surface area contributed by atoms with Crippen LogP contribution in [-0.2, 0) is 7.05 Å². The van der Waals surface area contributed by atoms with Crippen LogP contribution in [-0.4, -0.2) is 22.0 Å². The van der Waals surface area contributed by atoms with Gasteiger partial charge in [0, 0.05) is 18.3 Å². The third-order valence-corrected chi connectivity index (χ3v) is 2.40. The lowest BCUT2D eigenvalue weighted by molar-refractivity contribution is 0.415. The third kappa shape index (κ3) is 1.56. The lowest BCUT2D eigenvalue weighted by atomic mass is 10.1. The highest BCUT2D eigenvalue weighted by molar-refractivity contribution is 5.75. The minimum atomic E-state index is 0.149. The summed E-state index contributed by atoms with van der Waals surface area (Å²) in [5.41, 5.74) is 7.58. The predicted molar refractivity (Wildman–Crippen MR) is 61.3 cm³/mol. The van der Waals surface area contributed by atoms with Gasteiger partial charge in [0.1, 0.15) is 11.4 Å². The number of benzene rings is 1. The van der Waals surface area contributed by atoms with Crippen molar-refractivity contribution in [1.82, 2.24) is 9.78 Å². The van der Waals surface area contributed by atoms with Crippen molar-refractivity contribution >= 4 is 5.69 Å². The Hall–Kier alpha value is -2.17. The number of rotatable bonds is 2. The fourth-order valence-corrected chi connectivity index (χ4v) is 1.62. The zero-order valence-electron chi connectivity index (χ0n) is 9.14. The van der Waals surface area contributed by atoms with Gasteiger partial charge in [0.2, 0.25) is 0 Å². The molecule has 0 aliphatic carbocycles. The van der Waals surface area contributed by atoms with Gasteiger partial charge >= 0.3 is 0 Å². The number of aromatic hydroxyl groups is 1. The molecule has 0 unspecified atom stereocenters. The second-order valence-corrected chi connectivity index (χ2v) is 3.46. The summed E-state index contributed by atoms with van der Waals surface area (Å²) in [6, 6.07) is 4.88. The molecule has 1 aromatic heterocycles. The average Bonchev–Trinajstić information content (AvgIpc) is 2.63. The molecule has 1 heterocycles. The number of anilines is 1. The normalized spacial score (nSPS) is 10.4. The lowest BCUT2D eigenvalue weighted by Gasteiger charge is -2.08. The van der Waals surface area contributed by atoms with Crippen LogP contribution >= 0.6 is 0 Å². The molecule has 0 saturated carbocycles. The minimum absolute atomic E-state index is 0.149. The molecular weight excluding hydrogens is 206 g/mol. The molecule has 0 atom stereocenters. The molecule has 0 radical (unpaired) electrons. The first-order valence-electron chi connectivity index (χ1n) is 4.78. The van der Waals surface area contributed by atoms with Crippen LogP contribution in [0.1, 0.15) is 0 Å². The van der Waals surface area contributed by atoms with Crippen LogP contribution < -0.4 is 10.5 Å². The number of aromatic nitrogens is 2. The molecule has 5 nitrogen and oxygen atoms in total. The van der Waals surface area contributed by atoms with E-state index in [4.69, 9.17) is 10.5 Å². The summed E-state index contributed by atoms with van der Waals surface area (Å²) in [6.07, 6.45) is 1.60. The van der Waals surface area contributed by atoms with E-state index in [0.29, 0.717) is 22.7 Å². The van der Waals surface area contributed by atoms with Gasteiger partial charge in [0.05, 0.1) is 13.3 Å². The van der Waals surface area contributed by atoms with Crippen LogP contribution in [0.4, 0.5) is 5.69 Å². The summed E-state index contributed by atoms with van der Waals surface area (Å²) >= 11 is 0. The van der Waals surface area contributed by atoms with Crippen LogP contribution in [0.5, 0.6) is 11.5 Å². The van der Waals surface area contributed by atoms with Crippen molar-refractivity contribution in [2.24, 2.45) is 7.05 Å². The Morgan fingerprint density at radius 3 is 2.88 bits per heavy atom. The molecule has 0 aliphatic heterocycles. The summed E-state index contributed by atoms with van der Waals surface area (Å²) in [7, 11) is 3.34. The second kappa shape index (κ2) is 3.77. The second-order valence-electron chi connectivity index (χ2n) is 3.46. The van der Waals surface area contributed by atoms with Gasteiger partial charge in [-0.25, -0.2) is 0 Å². The quantitative estimate of drug-likeness (QED) is 0.591. The average molecular weight is 219 g/mol. The van der Waals surface area contributed by atoms with Crippen molar-refractivity contribution in [3.8, 4) is 22.8 Å². The fraction of sp³-hybridized carbons (Fsp3) is 0.182. The van der Waals surface area contributed by atoms with Crippen LogP contribution in [0.25, 0.3) is 11.3 Å². The van der Waals surface area contributed by atoms with Crippen molar-refractivity contribution < 1.29 is 9.84 Å². The van der Waals surface area contributed by atoms with Gasteiger partial charge in [-0.2, -0.15) is 5.10 Å². The largest absolute Gasteiger partial charge is 0.507 e. The zero-order valence-corrected chi connectivity index (χ0v) is 9.14. The molecule has 0 fully saturated rings. The van der Waals surface area contributed by atoms with E-state index in [2.05, 4.69) is 5.10 Å². The van der Waals surface area contributed by atoms with Gasteiger partial charge in [0.15, 0.2) is 5.75 Å². The molecule has 84 valence electrons. The van der Waals surface area contributed by atoms with Gasteiger partial charge in [0.25, 0.3) is 0 Å². The Morgan fingerprint density at radius 1 is 1.44 bits per heavy atom. The minimum Gasteiger partial charge on any atom is -0.507 e. The van der Waals surface area contributed by atoms with Crippen LogP contribution in [0.3, 0.4) is 0 Å². The summed E-state index contributed by atoms with van der Waals surface area (Å²) in [6.45, 7) is 0. The first kappa shape index (κ1) is 10.4. The molecule has 5 heteroatoms. The third-order valence-electron chi connectivity index (χ3n) is 2.40. The number of methoxy groups -OCH3 is 1. The number of nitrogen functional groups attached to an aromatic ring is 1. The highest BCUT2D eigenvalue weighted by atomic mass is 16.5. The molecule has 2 rings (SSSR count). The highest BCUT2D eigenvalue weighted by Gasteiger charge is 2.15. The number of hydrogen-bond acceptors (Lipinski definition) is 4. The number of phenolic OH excluding ortho intramolecular Hbond substituents is 1. The molecular formula is C11H13N3O2. The molecule has 2 aromatic rings. The smallest absolute Gasteiger partial charge is 0.164 e. The topological polar surface area (TPSA) is 73.3 Å². The molecule has 0 aliphatic rings. The maximum Gasteiger partial charge on any atom is 0.164 e. The number of nitrogens with zero attached hydrogens (tertiary/aromatic N) is 2. The van der Waals surface area contributed by atoms with E-state index >= 15 is 0 Å². The Bertz CT molecular complexity index is 520. The Balaban J connectivity index is 2.66. The Labute approximate surface area is 93.1 Å². The van der Waals surface area contributed by atoms with Crippen LogP contribution in [0.2, 0.25) is 0 Å². The number of aryl methyl sites for hydroxylation is 1. The molecule has 0 spiro atoms. The van der Waals surface area contributed by atoms with E-state index in [-0.39, 0.29) is 5.75 Å². The first-order valence-corrected chi connectivity index (χ1v) is 4.78. The van der Waals surface area contributed by atoms with E-state index < -0.39 is 0 Å². The van der Waals surface area contributed by atoms with Crippen LogP contribution in [0.15, 0.2) is 24.4 Å². The van der Waals surface area contributed by atoms with Crippen LogP contribution in [0, 0.1) is 0 Å². The Morgan fingerprint density at radius 2 is 2.19 bits per heavy atom. The van der Waals surface area contributed by atoms with Gasteiger partial charge < -0.3 is 15.6 Å². The first-order chi connectivity index (χ1) is 7.63. The van der Waals surface area contributed by atoms with E-state index in [9.17, 15) is 5.11 Å². The number of hydrogen-bond donors (Lipinski definition) is 2. The number of phenols is 1. The van der Waals surface area contributed by atoms with Crippen molar-refractivity contribution in [3.05, 3.63) is 24.4 Å². The van der Waals surface area contributed by atoms with Crippen molar-refractivity contribution in [2.45, 2.75) is 0 Å². The summed E-state index contributed by atoms with van der Waals surface area (Å²) in [4.78, 5) is 0. The SMILES string of the molecule is COc1cnn(C)c1-c1cc(N)ccc1O. The van der Waals surface area contributed by atoms with Crippen molar-refractivity contribution in [3.63, 3.8) is 0 Å². The molecule has 1 aromatic carbocycles.